The maximum atomic E-state index is 11.9. The van der Waals surface area contributed by atoms with E-state index in [-0.39, 0.29) is 12.6 Å². The smallest absolute Gasteiger partial charge is 0.323 e. The average Bonchev–Trinajstić information content (AvgIpc) is 2.48. The minimum atomic E-state index is -0.288. The zero-order valence-corrected chi connectivity index (χ0v) is 12.3. The number of anilines is 2. The Kier molecular flexibility index (Phi) is 4.95. The summed E-state index contributed by atoms with van der Waals surface area (Å²) in [4.78, 5) is 11.9. The first-order chi connectivity index (χ1) is 10.1. The van der Waals surface area contributed by atoms with E-state index in [1.54, 1.807) is 24.3 Å². The fourth-order valence-electron chi connectivity index (χ4n) is 1.94. The molecule has 0 spiro atoms. The van der Waals surface area contributed by atoms with Crippen LogP contribution < -0.4 is 10.6 Å². The first kappa shape index (κ1) is 15.1. The monoisotopic (exact) mass is 284 g/mol. The van der Waals surface area contributed by atoms with Gasteiger partial charge in [0.05, 0.1) is 6.61 Å². The minimum Gasteiger partial charge on any atom is -0.392 e. The second kappa shape index (κ2) is 6.90. The Labute approximate surface area is 124 Å². The molecule has 0 aromatic heterocycles. The molecule has 0 fully saturated rings. The van der Waals surface area contributed by atoms with Gasteiger partial charge in [0.25, 0.3) is 0 Å². The number of benzene rings is 2. The molecule has 4 nitrogen and oxygen atoms in total. The molecule has 2 rings (SSSR count). The van der Waals surface area contributed by atoms with Crippen LogP contribution in [0.25, 0.3) is 0 Å². The summed E-state index contributed by atoms with van der Waals surface area (Å²) in [7, 11) is 0. The number of amides is 2. The van der Waals surface area contributed by atoms with Crippen LogP contribution in [0, 0.1) is 0 Å². The molecule has 3 N–H and O–H groups in total. The highest BCUT2D eigenvalue weighted by molar-refractivity contribution is 5.99. The molecule has 0 bridgehead atoms. The third-order valence-electron chi connectivity index (χ3n) is 3.23. The SMILES string of the molecule is CC(C)c1ccc(NC(=O)Nc2ccc(CO)cc2)cc1. The van der Waals surface area contributed by atoms with E-state index in [2.05, 4.69) is 24.5 Å². The summed E-state index contributed by atoms with van der Waals surface area (Å²) < 4.78 is 0. The first-order valence-corrected chi connectivity index (χ1v) is 6.96. The Balaban J connectivity index is 1.94. The topological polar surface area (TPSA) is 61.4 Å². The van der Waals surface area contributed by atoms with Gasteiger partial charge in [-0.05, 0) is 41.3 Å². The van der Waals surface area contributed by atoms with Crippen molar-refractivity contribution < 1.29 is 9.90 Å². The standard InChI is InChI=1S/C17H20N2O2/c1-12(2)14-5-9-16(10-6-14)19-17(21)18-15-7-3-13(11-20)4-8-15/h3-10,12,20H,11H2,1-2H3,(H2,18,19,21). The molecule has 4 heteroatoms. The number of nitrogens with one attached hydrogen (secondary N) is 2. The fourth-order valence-corrected chi connectivity index (χ4v) is 1.94. The first-order valence-electron chi connectivity index (χ1n) is 6.96. The van der Waals surface area contributed by atoms with E-state index < -0.39 is 0 Å². The van der Waals surface area contributed by atoms with Gasteiger partial charge in [0.1, 0.15) is 0 Å². The molecule has 0 aliphatic heterocycles. The van der Waals surface area contributed by atoms with Crippen LogP contribution in [0.1, 0.15) is 30.9 Å². The summed E-state index contributed by atoms with van der Waals surface area (Å²) in [6.45, 7) is 4.26. The summed E-state index contributed by atoms with van der Waals surface area (Å²) in [6.07, 6.45) is 0. The lowest BCUT2D eigenvalue weighted by Crippen LogP contribution is -2.19. The van der Waals surface area contributed by atoms with Crippen molar-refractivity contribution >= 4 is 17.4 Å². The van der Waals surface area contributed by atoms with Gasteiger partial charge in [-0.2, -0.15) is 0 Å². The average molecular weight is 284 g/mol. The van der Waals surface area contributed by atoms with Crippen molar-refractivity contribution in [2.75, 3.05) is 10.6 Å². The maximum absolute atomic E-state index is 11.9. The molecule has 0 saturated heterocycles. The number of carbonyl (C=O) groups is 1. The van der Waals surface area contributed by atoms with Crippen molar-refractivity contribution in [1.82, 2.24) is 0 Å². The Morgan fingerprint density at radius 3 is 1.86 bits per heavy atom. The molecular weight excluding hydrogens is 264 g/mol. The van der Waals surface area contributed by atoms with Gasteiger partial charge in [-0.15, -0.1) is 0 Å². The van der Waals surface area contributed by atoms with Crippen LogP contribution in [-0.4, -0.2) is 11.1 Å². The quantitative estimate of drug-likeness (QED) is 0.796. The summed E-state index contributed by atoms with van der Waals surface area (Å²) in [5, 5.41) is 14.5. The molecule has 2 amide bonds. The Bertz CT molecular complexity index is 589. The Morgan fingerprint density at radius 1 is 0.952 bits per heavy atom. The van der Waals surface area contributed by atoms with E-state index in [9.17, 15) is 4.79 Å². The second-order valence-electron chi connectivity index (χ2n) is 5.21. The maximum Gasteiger partial charge on any atom is 0.323 e. The summed E-state index contributed by atoms with van der Waals surface area (Å²) in [5.74, 6) is 0.470. The molecule has 2 aromatic rings. The van der Waals surface area contributed by atoms with Gasteiger partial charge in [0, 0.05) is 11.4 Å². The van der Waals surface area contributed by atoms with Crippen molar-refractivity contribution in [2.24, 2.45) is 0 Å². The van der Waals surface area contributed by atoms with E-state index in [0.717, 1.165) is 11.3 Å². The number of carbonyl (C=O) groups excluding carboxylic acids is 1. The summed E-state index contributed by atoms with van der Waals surface area (Å²) >= 11 is 0. The van der Waals surface area contributed by atoms with E-state index in [1.807, 2.05) is 24.3 Å². The lowest BCUT2D eigenvalue weighted by Gasteiger charge is -2.10. The number of aliphatic hydroxyl groups excluding tert-OH is 1. The highest BCUT2D eigenvalue weighted by Crippen LogP contribution is 2.17. The number of aliphatic hydroxyl groups is 1. The molecule has 0 heterocycles. The third kappa shape index (κ3) is 4.33. The molecule has 0 radical (unpaired) electrons. The second-order valence-corrected chi connectivity index (χ2v) is 5.21. The van der Waals surface area contributed by atoms with Gasteiger partial charge >= 0.3 is 6.03 Å². The fraction of sp³-hybridized carbons (Fsp3) is 0.235. The Morgan fingerprint density at radius 2 is 1.43 bits per heavy atom. The number of urea groups is 1. The van der Waals surface area contributed by atoms with Gasteiger partial charge in [0.2, 0.25) is 0 Å². The van der Waals surface area contributed by atoms with Gasteiger partial charge in [0.15, 0.2) is 0 Å². The molecule has 0 aliphatic carbocycles. The molecule has 0 saturated carbocycles. The zero-order valence-electron chi connectivity index (χ0n) is 12.3. The molecule has 21 heavy (non-hydrogen) atoms. The van der Waals surface area contributed by atoms with Crippen LogP contribution >= 0.6 is 0 Å². The van der Waals surface area contributed by atoms with Crippen LogP contribution in [0.15, 0.2) is 48.5 Å². The number of hydrogen-bond acceptors (Lipinski definition) is 2. The molecule has 2 aromatic carbocycles. The summed E-state index contributed by atoms with van der Waals surface area (Å²) in [6, 6.07) is 14.6. The van der Waals surface area contributed by atoms with Crippen LogP contribution in [-0.2, 0) is 6.61 Å². The van der Waals surface area contributed by atoms with E-state index in [1.165, 1.54) is 5.56 Å². The largest absolute Gasteiger partial charge is 0.392 e. The van der Waals surface area contributed by atoms with Gasteiger partial charge in [-0.1, -0.05) is 38.1 Å². The van der Waals surface area contributed by atoms with Gasteiger partial charge < -0.3 is 15.7 Å². The van der Waals surface area contributed by atoms with Crippen molar-refractivity contribution in [3.63, 3.8) is 0 Å². The van der Waals surface area contributed by atoms with E-state index in [0.29, 0.717) is 11.6 Å². The van der Waals surface area contributed by atoms with E-state index in [4.69, 9.17) is 5.11 Å². The zero-order chi connectivity index (χ0) is 15.2. The number of hydrogen-bond donors (Lipinski definition) is 3. The Hall–Kier alpha value is -2.33. The normalized spacial score (nSPS) is 10.5. The number of rotatable bonds is 4. The summed E-state index contributed by atoms with van der Waals surface area (Å²) in [5.41, 5.74) is 3.48. The predicted molar refractivity (Wildman–Crippen MR) is 85.5 cm³/mol. The van der Waals surface area contributed by atoms with Gasteiger partial charge in [-0.25, -0.2) is 4.79 Å². The van der Waals surface area contributed by atoms with Crippen LogP contribution in [0.2, 0.25) is 0 Å². The lowest BCUT2D eigenvalue weighted by atomic mass is 10.0. The third-order valence-corrected chi connectivity index (χ3v) is 3.23. The van der Waals surface area contributed by atoms with Crippen LogP contribution in [0.3, 0.4) is 0 Å². The molecular formula is C17H20N2O2. The predicted octanol–water partition coefficient (Wildman–Crippen LogP) is 3.95. The highest BCUT2D eigenvalue weighted by atomic mass is 16.3. The molecule has 110 valence electrons. The van der Waals surface area contributed by atoms with Crippen molar-refractivity contribution in [2.45, 2.75) is 26.4 Å². The van der Waals surface area contributed by atoms with E-state index >= 15 is 0 Å². The minimum absolute atomic E-state index is 0.00528. The van der Waals surface area contributed by atoms with Crippen molar-refractivity contribution in [3.8, 4) is 0 Å². The van der Waals surface area contributed by atoms with Crippen molar-refractivity contribution in [1.29, 1.82) is 0 Å². The van der Waals surface area contributed by atoms with Crippen molar-refractivity contribution in [3.05, 3.63) is 59.7 Å². The lowest BCUT2D eigenvalue weighted by molar-refractivity contribution is 0.262. The molecule has 0 aliphatic rings. The van der Waals surface area contributed by atoms with Crippen LogP contribution in [0.5, 0.6) is 0 Å². The van der Waals surface area contributed by atoms with Crippen LogP contribution in [0.4, 0.5) is 16.2 Å². The van der Waals surface area contributed by atoms with Gasteiger partial charge in [-0.3, -0.25) is 0 Å². The highest BCUT2D eigenvalue weighted by Gasteiger charge is 2.04. The molecule has 0 unspecified atom stereocenters. The molecule has 0 atom stereocenters.